The first-order chi connectivity index (χ1) is 14.9. The van der Waals surface area contributed by atoms with Gasteiger partial charge in [0, 0.05) is 11.9 Å². The van der Waals surface area contributed by atoms with E-state index >= 15 is 0 Å². The van der Waals surface area contributed by atoms with E-state index in [-0.39, 0.29) is 10.7 Å². The first-order valence-electron chi connectivity index (χ1n) is 9.02. The monoisotopic (exact) mass is 455 g/mol. The van der Waals surface area contributed by atoms with Gasteiger partial charge in [0.25, 0.3) is 10.0 Å². The molecule has 3 aromatic heterocycles. The van der Waals surface area contributed by atoms with Gasteiger partial charge in [-0.1, -0.05) is 6.07 Å². The Morgan fingerprint density at radius 3 is 2.52 bits per heavy atom. The maximum Gasteiger partial charge on any atom is 0.348 e. The van der Waals surface area contributed by atoms with Crippen LogP contribution < -0.4 is 10.0 Å². The summed E-state index contributed by atoms with van der Waals surface area (Å²) < 4.78 is 32.4. The van der Waals surface area contributed by atoms with Crippen molar-refractivity contribution in [2.24, 2.45) is 0 Å². The van der Waals surface area contributed by atoms with E-state index in [1.165, 1.54) is 43.1 Å². The zero-order valence-electron chi connectivity index (χ0n) is 16.5. The second-order valence-corrected chi connectivity index (χ2v) is 9.10. The van der Waals surface area contributed by atoms with Gasteiger partial charge in [-0.15, -0.1) is 11.3 Å². The average molecular weight is 456 g/mol. The lowest BCUT2D eigenvalue weighted by Crippen LogP contribution is -2.13. The van der Waals surface area contributed by atoms with Crippen molar-refractivity contribution in [2.45, 2.75) is 11.8 Å². The number of fused-ring (bicyclic) bond motifs is 1. The third kappa shape index (κ3) is 4.18. The Kier molecular flexibility index (Phi) is 5.53. The fraction of sp³-hybridized carbons (Fsp3) is 0.100. The molecule has 3 heterocycles. The smallest absolute Gasteiger partial charge is 0.348 e. The van der Waals surface area contributed by atoms with Crippen molar-refractivity contribution >= 4 is 54.9 Å². The Labute approximate surface area is 182 Å². The van der Waals surface area contributed by atoms with Crippen LogP contribution in [-0.4, -0.2) is 36.4 Å². The number of pyridine rings is 1. The highest BCUT2D eigenvalue weighted by Crippen LogP contribution is 2.34. The Bertz CT molecular complexity index is 1350. The molecule has 4 aromatic rings. The number of hydrogen-bond donors (Lipinski definition) is 2. The molecule has 2 N–H and O–H groups in total. The number of esters is 1. The molecule has 0 aliphatic rings. The number of ether oxygens (including phenoxy) is 1. The number of carbonyl (C=O) groups is 1. The largest absolute Gasteiger partial charge is 0.465 e. The van der Waals surface area contributed by atoms with Gasteiger partial charge in [0.1, 0.15) is 27.7 Å². The molecule has 158 valence electrons. The van der Waals surface area contributed by atoms with Crippen molar-refractivity contribution in [1.82, 2.24) is 15.0 Å². The number of sulfonamides is 1. The molecule has 11 heteroatoms. The minimum atomic E-state index is -3.77. The topological polar surface area (TPSA) is 123 Å². The Morgan fingerprint density at radius 1 is 1.06 bits per heavy atom. The summed E-state index contributed by atoms with van der Waals surface area (Å²) in [6.45, 7) is 1.80. The zero-order valence-corrected chi connectivity index (χ0v) is 18.1. The van der Waals surface area contributed by atoms with Crippen LogP contribution >= 0.6 is 11.3 Å². The van der Waals surface area contributed by atoms with Gasteiger partial charge in [-0.25, -0.2) is 28.2 Å². The lowest BCUT2D eigenvalue weighted by molar-refractivity contribution is 0.0605. The molecule has 0 atom stereocenters. The highest BCUT2D eigenvalue weighted by molar-refractivity contribution is 7.92. The SMILES string of the molecule is COC(=O)c1sc2ncnc(Nc3ccc(S(=O)(=O)Nc4ccccn4)cc3)c2c1C. The van der Waals surface area contributed by atoms with E-state index in [1.54, 1.807) is 37.3 Å². The van der Waals surface area contributed by atoms with E-state index in [0.29, 0.717) is 32.2 Å². The molecule has 0 saturated heterocycles. The number of nitrogens with zero attached hydrogens (tertiary/aromatic N) is 3. The second kappa shape index (κ2) is 8.28. The molecule has 0 aliphatic heterocycles. The van der Waals surface area contributed by atoms with Crippen LogP contribution in [0.5, 0.6) is 0 Å². The van der Waals surface area contributed by atoms with Crippen molar-refractivity contribution in [1.29, 1.82) is 0 Å². The van der Waals surface area contributed by atoms with Crippen LogP contribution in [0.2, 0.25) is 0 Å². The van der Waals surface area contributed by atoms with Gasteiger partial charge < -0.3 is 10.1 Å². The van der Waals surface area contributed by atoms with Crippen LogP contribution in [-0.2, 0) is 14.8 Å². The van der Waals surface area contributed by atoms with E-state index in [4.69, 9.17) is 4.74 Å². The predicted molar refractivity (Wildman–Crippen MR) is 118 cm³/mol. The van der Waals surface area contributed by atoms with Crippen molar-refractivity contribution < 1.29 is 17.9 Å². The van der Waals surface area contributed by atoms with Crippen LogP contribution in [0, 0.1) is 6.92 Å². The predicted octanol–water partition coefficient (Wildman–Crippen LogP) is 3.73. The van der Waals surface area contributed by atoms with Gasteiger partial charge in [0.2, 0.25) is 0 Å². The molecule has 9 nitrogen and oxygen atoms in total. The maximum absolute atomic E-state index is 12.6. The van der Waals surface area contributed by atoms with E-state index in [0.717, 1.165) is 0 Å². The minimum absolute atomic E-state index is 0.0937. The molecule has 4 rings (SSSR count). The molecule has 0 aliphatic carbocycles. The van der Waals surface area contributed by atoms with Crippen LogP contribution in [0.15, 0.2) is 59.9 Å². The fourth-order valence-electron chi connectivity index (χ4n) is 2.93. The van der Waals surface area contributed by atoms with E-state index in [9.17, 15) is 13.2 Å². The van der Waals surface area contributed by atoms with Gasteiger partial charge in [-0.3, -0.25) is 4.72 Å². The molecule has 0 fully saturated rings. The van der Waals surface area contributed by atoms with E-state index in [2.05, 4.69) is 25.0 Å². The highest BCUT2D eigenvalue weighted by atomic mass is 32.2. The number of aryl methyl sites for hydroxylation is 1. The molecule has 31 heavy (non-hydrogen) atoms. The highest BCUT2D eigenvalue weighted by Gasteiger charge is 2.20. The van der Waals surface area contributed by atoms with Crippen molar-refractivity contribution in [3.8, 4) is 0 Å². The molecular formula is C20H17N5O4S2. The molecule has 1 aromatic carbocycles. The Balaban J connectivity index is 1.60. The minimum Gasteiger partial charge on any atom is -0.465 e. The first-order valence-corrected chi connectivity index (χ1v) is 11.3. The lowest BCUT2D eigenvalue weighted by atomic mass is 10.2. The Hall–Kier alpha value is -3.57. The van der Waals surface area contributed by atoms with Crippen LogP contribution in [0.25, 0.3) is 10.2 Å². The molecule has 0 radical (unpaired) electrons. The molecule has 0 saturated carbocycles. The van der Waals surface area contributed by atoms with Crippen molar-refractivity contribution in [3.05, 3.63) is 65.4 Å². The maximum atomic E-state index is 12.6. The molecule has 0 spiro atoms. The van der Waals surface area contributed by atoms with Gasteiger partial charge in [-0.05, 0) is 48.9 Å². The summed E-state index contributed by atoms with van der Waals surface area (Å²) in [5, 5.41) is 3.87. The van der Waals surface area contributed by atoms with Gasteiger partial charge in [0.05, 0.1) is 17.4 Å². The lowest BCUT2D eigenvalue weighted by Gasteiger charge is -2.10. The molecular weight excluding hydrogens is 438 g/mol. The standard InChI is InChI=1S/C20H17N5O4S2/c1-12-16-18(22-11-23-19(16)30-17(12)20(26)29-2)24-13-6-8-14(9-7-13)31(27,28)25-15-5-3-4-10-21-15/h3-11H,1-2H3,(H,21,25)(H,22,23,24). The molecule has 0 amide bonds. The number of rotatable bonds is 6. The fourth-order valence-corrected chi connectivity index (χ4v) is 5.00. The normalized spacial score (nSPS) is 11.3. The molecule has 0 unspecified atom stereocenters. The second-order valence-electron chi connectivity index (χ2n) is 6.42. The Morgan fingerprint density at radius 2 is 1.84 bits per heavy atom. The number of methoxy groups -OCH3 is 1. The van der Waals surface area contributed by atoms with Crippen molar-refractivity contribution in [3.63, 3.8) is 0 Å². The van der Waals surface area contributed by atoms with Crippen molar-refractivity contribution in [2.75, 3.05) is 17.1 Å². The summed E-state index contributed by atoms with van der Waals surface area (Å²) in [5.41, 5.74) is 1.34. The number of hydrogen-bond acceptors (Lipinski definition) is 9. The number of benzene rings is 1. The number of aromatic nitrogens is 3. The van der Waals surface area contributed by atoms with E-state index < -0.39 is 16.0 Å². The quantitative estimate of drug-likeness (QED) is 0.422. The third-order valence-electron chi connectivity index (χ3n) is 4.43. The summed E-state index contributed by atoms with van der Waals surface area (Å²) in [6.07, 6.45) is 2.91. The average Bonchev–Trinajstić information content (AvgIpc) is 3.11. The van der Waals surface area contributed by atoms with Gasteiger partial charge >= 0.3 is 5.97 Å². The number of anilines is 3. The summed E-state index contributed by atoms with van der Waals surface area (Å²) in [7, 11) is -2.44. The zero-order chi connectivity index (χ0) is 22.0. The molecule has 0 bridgehead atoms. The summed E-state index contributed by atoms with van der Waals surface area (Å²) in [6, 6.07) is 11.2. The third-order valence-corrected chi connectivity index (χ3v) is 6.98. The van der Waals surface area contributed by atoms with Crippen LogP contribution in [0.3, 0.4) is 0 Å². The van der Waals surface area contributed by atoms with Gasteiger partial charge in [-0.2, -0.15) is 0 Å². The number of thiophene rings is 1. The number of carbonyl (C=O) groups excluding carboxylic acids is 1. The van der Waals surface area contributed by atoms with Gasteiger partial charge in [0.15, 0.2) is 0 Å². The first kappa shape index (κ1) is 20.7. The summed E-state index contributed by atoms with van der Waals surface area (Å²) in [5.74, 6) is 0.319. The summed E-state index contributed by atoms with van der Waals surface area (Å²) >= 11 is 1.23. The van der Waals surface area contributed by atoms with E-state index in [1.807, 2.05) is 0 Å². The summed E-state index contributed by atoms with van der Waals surface area (Å²) in [4.78, 5) is 25.7. The number of nitrogens with one attached hydrogen (secondary N) is 2. The van der Waals surface area contributed by atoms with Crippen LogP contribution in [0.1, 0.15) is 15.2 Å². The van der Waals surface area contributed by atoms with Crippen LogP contribution in [0.4, 0.5) is 17.3 Å².